The fourth-order valence-electron chi connectivity index (χ4n) is 1.77. The van der Waals surface area contributed by atoms with Crippen LogP contribution in [0.5, 0.6) is 11.5 Å². The topological polar surface area (TPSA) is 74.4 Å². The highest BCUT2D eigenvalue weighted by atomic mass is 35.5. The molecule has 0 bridgehead atoms. The summed E-state index contributed by atoms with van der Waals surface area (Å²) in [5, 5.41) is 0.237. The van der Waals surface area contributed by atoms with E-state index in [-0.39, 0.29) is 22.9 Å². The molecule has 1 heterocycles. The van der Waals surface area contributed by atoms with Crippen LogP contribution in [-0.4, -0.2) is 17.6 Å². The van der Waals surface area contributed by atoms with Crippen LogP contribution in [0, 0.1) is 6.92 Å². The van der Waals surface area contributed by atoms with Crippen molar-refractivity contribution in [3.05, 3.63) is 46.7 Å². The predicted molar refractivity (Wildman–Crippen MR) is 80.9 cm³/mol. The molecule has 0 fully saturated rings. The Balaban J connectivity index is 2.47. The average molecular weight is 307 g/mol. The first-order valence-corrected chi connectivity index (χ1v) is 6.76. The summed E-state index contributed by atoms with van der Waals surface area (Å²) in [5.41, 5.74) is 6.95. The maximum atomic E-state index is 12.0. The van der Waals surface area contributed by atoms with E-state index in [0.717, 1.165) is 0 Å². The number of ether oxygens (including phenoxy) is 2. The van der Waals surface area contributed by atoms with Gasteiger partial charge in [-0.3, -0.25) is 4.98 Å². The van der Waals surface area contributed by atoms with Crippen molar-refractivity contribution >= 4 is 23.3 Å². The van der Waals surface area contributed by atoms with E-state index in [0.29, 0.717) is 17.1 Å². The lowest BCUT2D eigenvalue weighted by Gasteiger charge is -2.14. The lowest BCUT2D eigenvalue weighted by atomic mass is 10.1. The number of pyridine rings is 1. The number of hydrogen-bond donors (Lipinski definition) is 1. The minimum absolute atomic E-state index is 0.185. The van der Waals surface area contributed by atoms with Crippen LogP contribution >= 0.6 is 11.6 Å². The van der Waals surface area contributed by atoms with Gasteiger partial charge in [0.15, 0.2) is 5.75 Å². The Morgan fingerprint density at radius 3 is 2.86 bits per heavy atom. The number of aryl methyl sites for hydroxylation is 1. The van der Waals surface area contributed by atoms with Crippen molar-refractivity contribution < 1.29 is 14.3 Å². The normalized spacial score (nSPS) is 10.2. The summed E-state index contributed by atoms with van der Waals surface area (Å²) in [6, 6.07) is 6.47. The first kappa shape index (κ1) is 15.1. The van der Waals surface area contributed by atoms with Crippen LogP contribution in [0.2, 0.25) is 5.02 Å². The zero-order valence-corrected chi connectivity index (χ0v) is 12.5. The Bertz CT molecular complexity index is 674. The maximum Gasteiger partial charge on any atom is 0.342 e. The minimum atomic E-state index is -0.539. The van der Waals surface area contributed by atoms with E-state index in [4.69, 9.17) is 26.8 Å². The zero-order valence-electron chi connectivity index (χ0n) is 11.7. The number of nitrogens with zero attached hydrogens (tertiary/aromatic N) is 1. The fraction of sp³-hybridized carbons (Fsp3) is 0.200. The third-order valence-electron chi connectivity index (χ3n) is 2.73. The Morgan fingerprint density at radius 2 is 2.19 bits per heavy atom. The van der Waals surface area contributed by atoms with Crippen LogP contribution in [0.3, 0.4) is 0 Å². The Morgan fingerprint density at radius 1 is 1.43 bits per heavy atom. The Hall–Kier alpha value is -2.27. The number of rotatable bonds is 4. The van der Waals surface area contributed by atoms with Crippen LogP contribution in [0.4, 0.5) is 5.69 Å². The van der Waals surface area contributed by atoms with Gasteiger partial charge >= 0.3 is 5.97 Å². The van der Waals surface area contributed by atoms with Crippen molar-refractivity contribution in [3.63, 3.8) is 0 Å². The standard InChI is InChI=1S/C15H15ClN2O3/c1-3-20-15(19)11-7-10(17)8-12(16)14(11)21-13-5-4-6-18-9(13)2/h4-8H,3,17H2,1-2H3. The Kier molecular flexibility index (Phi) is 4.65. The van der Waals surface area contributed by atoms with Crippen molar-refractivity contribution in [1.82, 2.24) is 4.98 Å². The molecule has 1 aromatic carbocycles. The second-order valence-electron chi connectivity index (χ2n) is 4.29. The van der Waals surface area contributed by atoms with E-state index < -0.39 is 5.97 Å². The molecule has 0 spiro atoms. The monoisotopic (exact) mass is 306 g/mol. The Labute approximate surface area is 127 Å². The van der Waals surface area contributed by atoms with E-state index in [1.807, 2.05) is 0 Å². The molecule has 0 unspecified atom stereocenters. The number of nitrogen functional groups attached to an aromatic ring is 1. The van der Waals surface area contributed by atoms with Gasteiger partial charge in [0.05, 0.1) is 17.3 Å². The molecule has 0 aliphatic carbocycles. The molecular weight excluding hydrogens is 292 g/mol. The summed E-state index contributed by atoms with van der Waals surface area (Å²) in [7, 11) is 0. The van der Waals surface area contributed by atoms with E-state index in [1.54, 1.807) is 32.2 Å². The molecule has 21 heavy (non-hydrogen) atoms. The van der Waals surface area contributed by atoms with Crippen molar-refractivity contribution in [1.29, 1.82) is 0 Å². The highest BCUT2D eigenvalue weighted by Gasteiger charge is 2.19. The van der Waals surface area contributed by atoms with E-state index in [2.05, 4.69) is 4.98 Å². The highest BCUT2D eigenvalue weighted by molar-refractivity contribution is 6.33. The van der Waals surface area contributed by atoms with Gasteiger partial charge in [0.2, 0.25) is 0 Å². The molecule has 5 nitrogen and oxygen atoms in total. The molecule has 2 rings (SSSR count). The number of esters is 1. The second kappa shape index (κ2) is 6.45. The van der Waals surface area contributed by atoms with Crippen molar-refractivity contribution in [2.24, 2.45) is 0 Å². The van der Waals surface area contributed by atoms with Gasteiger partial charge in [0.25, 0.3) is 0 Å². The summed E-state index contributed by atoms with van der Waals surface area (Å²) in [4.78, 5) is 16.1. The lowest BCUT2D eigenvalue weighted by molar-refractivity contribution is 0.0523. The first-order valence-electron chi connectivity index (χ1n) is 6.38. The molecule has 0 aliphatic heterocycles. The largest absolute Gasteiger partial charge is 0.462 e. The van der Waals surface area contributed by atoms with E-state index in [1.165, 1.54) is 12.1 Å². The molecule has 1 aromatic heterocycles. The summed E-state index contributed by atoms with van der Waals surface area (Å²) in [6.07, 6.45) is 1.65. The maximum absolute atomic E-state index is 12.0. The van der Waals surface area contributed by atoms with Crippen LogP contribution < -0.4 is 10.5 Å². The highest BCUT2D eigenvalue weighted by Crippen LogP contribution is 2.36. The van der Waals surface area contributed by atoms with Gasteiger partial charge in [-0.25, -0.2) is 4.79 Å². The number of halogens is 1. The number of benzene rings is 1. The number of anilines is 1. The molecule has 0 saturated carbocycles. The van der Waals surface area contributed by atoms with Gasteiger partial charge in [-0.1, -0.05) is 11.6 Å². The molecule has 2 aromatic rings. The van der Waals surface area contributed by atoms with Gasteiger partial charge in [0, 0.05) is 11.9 Å². The summed E-state index contributed by atoms with van der Waals surface area (Å²) in [5.74, 6) is 0.179. The van der Waals surface area contributed by atoms with E-state index >= 15 is 0 Å². The summed E-state index contributed by atoms with van der Waals surface area (Å²) < 4.78 is 10.7. The summed E-state index contributed by atoms with van der Waals surface area (Å²) >= 11 is 6.15. The smallest absolute Gasteiger partial charge is 0.342 e. The predicted octanol–water partition coefficient (Wildman–Crippen LogP) is 3.59. The van der Waals surface area contributed by atoms with Gasteiger partial charge in [-0.05, 0) is 38.1 Å². The lowest BCUT2D eigenvalue weighted by Crippen LogP contribution is -2.08. The molecule has 0 saturated heterocycles. The van der Waals surface area contributed by atoms with Crippen molar-refractivity contribution in [3.8, 4) is 11.5 Å². The van der Waals surface area contributed by atoms with Gasteiger partial charge in [0.1, 0.15) is 11.3 Å². The number of aromatic nitrogens is 1. The third kappa shape index (κ3) is 3.44. The molecule has 0 amide bonds. The first-order chi connectivity index (χ1) is 10.0. The molecule has 110 valence electrons. The van der Waals surface area contributed by atoms with Crippen LogP contribution in [0.25, 0.3) is 0 Å². The van der Waals surface area contributed by atoms with Gasteiger partial charge in [-0.2, -0.15) is 0 Å². The van der Waals surface area contributed by atoms with Gasteiger partial charge in [-0.15, -0.1) is 0 Å². The van der Waals surface area contributed by atoms with Gasteiger partial charge < -0.3 is 15.2 Å². The van der Waals surface area contributed by atoms with Crippen molar-refractivity contribution in [2.75, 3.05) is 12.3 Å². The zero-order chi connectivity index (χ0) is 15.4. The quantitative estimate of drug-likeness (QED) is 0.690. The average Bonchev–Trinajstić information content (AvgIpc) is 2.43. The number of hydrogen-bond acceptors (Lipinski definition) is 5. The number of carbonyl (C=O) groups excluding carboxylic acids is 1. The van der Waals surface area contributed by atoms with Crippen LogP contribution in [-0.2, 0) is 4.74 Å². The molecule has 0 aliphatic rings. The summed E-state index contributed by atoms with van der Waals surface area (Å²) in [6.45, 7) is 3.76. The van der Waals surface area contributed by atoms with Crippen LogP contribution in [0.1, 0.15) is 23.0 Å². The van der Waals surface area contributed by atoms with E-state index in [9.17, 15) is 4.79 Å². The molecular formula is C15H15ClN2O3. The molecule has 2 N–H and O–H groups in total. The molecule has 0 atom stereocenters. The number of carbonyl (C=O) groups is 1. The van der Waals surface area contributed by atoms with Crippen LogP contribution in [0.15, 0.2) is 30.5 Å². The SMILES string of the molecule is CCOC(=O)c1cc(N)cc(Cl)c1Oc1cccnc1C. The number of nitrogens with two attached hydrogens (primary N) is 1. The molecule has 6 heteroatoms. The second-order valence-corrected chi connectivity index (χ2v) is 4.70. The van der Waals surface area contributed by atoms with Crippen molar-refractivity contribution in [2.45, 2.75) is 13.8 Å². The minimum Gasteiger partial charge on any atom is -0.462 e. The molecule has 0 radical (unpaired) electrons. The third-order valence-corrected chi connectivity index (χ3v) is 3.01. The fourth-order valence-corrected chi connectivity index (χ4v) is 2.03.